The van der Waals surface area contributed by atoms with Crippen molar-refractivity contribution in [2.45, 2.75) is 0 Å². The van der Waals surface area contributed by atoms with Crippen LogP contribution in [0.2, 0.25) is 0 Å². The smallest absolute Gasteiger partial charge is 0.180 e. The number of nitrogens with one attached hydrogen (secondary N) is 1. The Kier molecular flexibility index (Phi) is 4.92. The van der Waals surface area contributed by atoms with E-state index in [2.05, 4.69) is 47.5 Å². The minimum Gasteiger partial charge on any atom is -0.452 e. The first kappa shape index (κ1) is 12.6. The lowest BCUT2D eigenvalue weighted by Gasteiger charge is -1.83. The maximum atomic E-state index is 4.47. The van der Waals surface area contributed by atoms with Crippen LogP contribution < -0.4 is 0 Å². The Morgan fingerprint density at radius 3 is 2.47 bits per heavy atom. The van der Waals surface area contributed by atoms with E-state index in [-0.39, 0.29) is 0 Å². The summed E-state index contributed by atoms with van der Waals surface area (Å²) < 4.78 is 8.69. The third-order valence-corrected chi connectivity index (χ3v) is 2.09. The molecule has 96 valence electrons. The molecule has 19 heavy (non-hydrogen) atoms. The predicted octanol–water partition coefficient (Wildman–Crippen LogP) is 2.91. The number of hydrogen-bond donors (Lipinski definition) is 1. The van der Waals surface area contributed by atoms with Crippen LogP contribution in [0.1, 0.15) is 0 Å². The van der Waals surface area contributed by atoms with Gasteiger partial charge in [-0.3, -0.25) is 0 Å². The molecule has 4 rings (SSSR count). The van der Waals surface area contributed by atoms with E-state index >= 15 is 0 Å². The molecule has 0 spiro atoms. The summed E-state index contributed by atoms with van der Waals surface area (Å²) in [6.45, 7) is 0. The van der Waals surface area contributed by atoms with Crippen molar-refractivity contribution >= 4 is 10.9 Å². The van der Waals surface area contributed by atoms with Crippen molar-refractivity contribution in [2.75, 3.05) is 0 Å². The van der Waals surface area contributed by atoms with Crippen molar-refractivity contribution in [3.8, 4) is 0 Å². The second-order valence-electron chi connectivity index (χ2n) is 3.33. The van der Waals surface area contributed by atoms with Gasteiger partial charge >= 0.3 is 0 Å². The molecule has 0 unspecified atom stereocenters. The fraction of sp³-hybridized carbons (Fsp3) is 0. The largest absolute Gasteiger partial charge is 0.452 e. The Morgan fingerprint density at radius 1 is 1.00 bits per heavy atom. The van der Waals surface area contributed by atoms with Gasteiger partial charge in [0.1, 0.15) is 12.5 Å². The molecule has 3 aromatic heterocycles. The Morgan fingerprint density at radius 2 is 1.95 bits per heavy atom. The van der Waals surface area contributed by atoms with Crippen LogP contribution >= 0.6 is 0 Å². The zero-order valence-corrected chi connectivity index (χ0v) is 10.0. The van der Waals surface area contributed by atoms with Gasteiger partial charge in [0.05, 0.1) is 12.4 Å². The van der Waals surface area contributed by atoms with Gasteiger partial charge in [-0.1, -0.05) is 18.2 Å². The highest BCUT2D eigenvalue weighted by atomic mass is 16.5. The van der Waals surface area contributed by atoms with Crippen LogP contribution in [-0.2, 0) is 0 Å². The molecule has 6 nitrogen and oxygen atoms in total. The first-order chi connectivity index (χ1) is 9.47. The van der Waals surface area contributed by atoms with Gasteiger partial charge in [0.15, 0.2) is 6.39 Å². The Balaban J connectivity index is 0.000000114. The Hall–Kier alpha value is -2.89. The van der Waals surface area contributed by atoms with Gasteiger partial charge in [-0.25, -0.2) is 4.98 Å². The number of benzene rings is 1. The predicted molar refractivity (Wildman–Crippen MR) is 69.1 cm³/mol. The van der Waals surface area contributed by atoms with E-state index in [4.69, 9.17) is 0 Å². The topological polar surface area (TPSA) is 80.7 Å². The molecule has 0 aliphatic carbocycles. The highest BCUT2D eigenvalue weighted by Crippen LogP contribution is 2.09. The van der Waals surface area contributed by atoms with Gasteiger partial charge in [-0.05, 0) is 17.5 Å². The summed E-state index contributed by atoms with van der Waals surface area (Å²) in [4.78, 5) is 6.68. The van der Waals surface area contributed by atoms with Crippen LogP contribution in [0.15, 0.2) is 76.8 Å². The maximum Gasteiger partial charge on any atom is 0.180 e. The summed E-state index contributed by atoms with van der Waals surface area (Å²) >= 11 is 0. The zero-order valence-electron chi connectivity index (χ0n) is 10.0. The van der Waals surface area contributed by atoms with Gasteiger partial charge in [0.2, 0.25) is 0 Å². The third kappa shape index (κ3) is 4.47. The molecule has 0 bridgehead atoms. The van der Waals surface area contributed by atoms with Crippen LogP contribution in [0.25, 0.3) is 10.9 Å². The Labute approximate surface area is 109 Å². The van der Waals surface area contributed by atoms with Crippen LogP contribution in [0, 0.1) is 0 Å². The number of rotatable bonds is 0. The monoisotopic (exact) mass is 256 g/mol. The van der Waals surface area contributed by atoms with Gasteiger partial charge in [-0.15, -0.1) is 5.10 Å². The third-order valence-electron chi connectivity index (χ3n) is 2.09. The zero-order chi connectivity index (χ0) is 13.2. The second kappa shape index (κ2) is 7.44. The minimum absolute atomic E-state index is 1.21. The van der Waals surface area contributed by atoms with Gasteiger partial charge < -0.3 is 13.9 Å². The number of hydrogen-bond acceptors (Lipinski definition) is 5. The molecule has 6 heteroatoms. The lowest BCUT2D eigenvalue weighted by molar-refractivity contribution is 0.393. The van der Waals surface area contributed by atoms with Crippen molar-refractivity contribution in [3.63, 3.8) is 0 Å². The SMILES string of the molecule is c1ccc2[nH]ccc2c1.c1cocn1.c1conn1. The van der Waals surface area contributed by atoms with E-state index in [1.54, 1.807) is 6.20 Å². The van der Waals surface area contributed by atoms with Gasteiger partial charge in [0, 0.05) is 17.0 Å². The summed E-state index contributed by atoms with van der Waals surface area (Å²) in [5, 5.41) is 7.68. The number of fused-ring (bicyclic) bond motifs is 1. The number of para-hydroxylation sites is 1. The molecular formula is C13H12N4O2. The van der Waals surface area contributed by atoms with Gasteiger partial charge in [-0.2, -0.15) is 0 Å². The first-order valence-corrected chi connectivity index (χ1v) is 5.52. The van der Waals surface area contributed by atoms with E-state index in [0.29, 0.717) is 0 Å². The van der Waals surface area contributed by atoms with Crippen molar-refractivity contribution in [1.82, 2.24) is 20.3 Å². The maximum absolute atomic E-state index is 4.47. The van der Waals surface area contributed by atoms with Crippen LogP contribution in [0.4, 0.5) is 0 Å². The standard InChI is InChI=1S/C8H7N.C3H3NO.C2H2N2O/c1-2-4-8-7(3-1)5-6-9-8;1-2-5-3-4-1;1-2-5-4-3-1/h1-6,9H;1-3H;1-2H. The summed E-state index contributed by atoms with van der Waals surface area (Å²) in [6.07, 6.45) is 9.30. The molecule has 0 atom stereocenters. The molecule has 0 saturated heterocycles. The number of aromatic nitrogens is 4. The number of H-pyrrole nitrogens is 1. The van der Waals surface area contributed by atoms with Crippen molar-refractivity contribution in [2.24, 2.45) is 0 Å². The van der Waals surface area contributed by atoms with Gasteiger partial charge in [0.25, 0.3) is 0 Å². The quantitative estimate of drug-likeness (QED) is 0.523. The van der Waals surface area contributed by atoms with E-state index in [9.17, 15) is 0 Å². The van der Waals surface area contributed by atoms with Crippen LogP contribution in [0.3, 0.4) is 0 Å². The second-order valence-corrected chi connectivity index (χ2v) is 3.33. The molecule has 0 aliphatic rings. The van der Waals surface area contributed by atoms with Crippen molar-refractivity contribution in [3.05, 3.63) is 67.8 Å². The fourth-order valence-electron chi connectivity index (χ4n) is 1.31. The molecule has 0 radical (unpaired) electrons. The fourth-order valence-corrected chi connectivity index (χ4v) is 1.31. The van der Waals surface area contributed by atoms with Crippen molar-refractivity contribution < 1.29 is 8.94 Å². The molecule has 0 saturated carbocycles. The lowest BCUT2D eigenvalue weighted by Crippen LogP contribution is -1.61. The molecule has 1 N–H and O–H groups in total. The van der Waals surface area contributed by atoms with E-state index in [0.717, 1.165) is 0 Å². The molecule has 1 aromatic carbocycles. The molecule has 3 heterocycles. The number of oxazole rings is 1. The summed E-state index contributed by atoms with van der Waals surface area (Å²) in [5.41, 5.74) is 1.21. The highest BCUT2D eigenvalue weighted by molar-refractivity contribution is 5.78. The molecule has 0 fully saturated rings. The first-order valence-electron chi connectivity index (χ1n) is 5.52. The summed E-state index contributed by atoms with van der Waals surface area (Å²) in [5.74, 6) is 0. The Bertz CT molecular complexity index is 553. The lowest BCUT2D eigenvalue weighted by atomic mass is 10.3. The summed E-state index contributed by atoms with van der Waals surface area (Å²) in [6, 6.07) is 10.3. The number of aromatic amines is 1. The molecule has 0 aliphatic heterocycles. The highest BCUT2D eigenvalue weighted by Gasteiger charge is 1.86. The molecule has 4 aromatic rings. The van der Waals surface area contributed by atoms with Crippen LogP contribution in [-0.4, -0.2) is 20.3 Å². The summed E-state index contributed by atoms with van der Waals surface area (Å²) in [7, 11) is 0. The van der Waals surface area contributed by atoms with E-state index in [1.807, 2.05) is 18.3 Å². The normalized spacial score (nSPS) is 9.05. The van der Waals surface area contributed by atoms with E-state index in [1.165, 1.54) is 36.0 Å². The van der Waals surface area contributed by atoms with E-state index < -0.39 is 0 Å². The van der Waals surface area contributed by atoms with Crippen LogP contribution in [0.5, 0.6) is 0 Å². The molecule has 0 amide bonds. The average molecular weight is 256 g/mol. The van der Waals surface area contributed by atoms with Crippen molar-refractivity contribution in [1.29, 1.82) is 0 Å². The average Bonchev–Trinajstić information content (AvgIpc) is 3.22. The number of nitrogens with zero attached hydrogens (tertiary/aromatic N) is 3. The minimum atomic E-state index is 1.21. The molecular weight excluding hydrogens is 244 g/mol.